The molecule has 1 aliphatic rings. The molecule has 76 valence electrons. The van der Waals surface area contributed by atoms with Gasteiger partial charge >= 0.3 is 0 Å². The molecule has 0 radical (unpaired) electrons. The number of nitrogens with one attached hydrogen (secondary N) is 1. The molecular weight excluding hydrogens is 192 g/mol. The summed E-state index contributed by atoms with van der Waals surface area (Å²) in [7, 11) is 0. The molecule has 0 amide bonds. The Morgan fingerprint density at radius 1 is 1.29 bits per heavy atom. The largest absolute Gasteiger partial charge is 0.382 e. The maximum atomic E-state index is 5.72. The summed E-state index contributed by atoms with van der Waals surface area (Å²) in [5.74, 6) is 0. The first kappa shape index (κ1) is 9.87. The summed E-state index contributed by atoms with van der Waals surface area (Å²) in [5, 5.41) is 3.47. The molecule has 1 aliphatic carbocycles. The van der Waals surface area contributed by atoms with Crippen LogP contribution in [-0.4, -0.2) is 18.3 Å². The first-order valence-electron chi connectivity index (χ1n) is 4.94. The molecule has 0 bridgehead atoms. The number of rotatable bonds is 3. The molecule has 14 heavy (non-hydrogen) atoms. The molecule has 2 nitrogen and oxygen atoms in total. The van der Waals surface area contributed by atoms with Gasteiger partial charge < -0.3 is 11.1 Å². The number of anilines is 1. The van der Waals surface area contributed by atoms with Crippen LogP contribution in [0.4, 0.5) is 5.69 Å². The van der Waals surface area contributed by atoms with Crippen molar-refractivity contribution in [1.29, 1.82) is 0 Å². The second kappa shape index (κ2) is 4.24. The van der Waals surface area contributed by atoms with Gasteiger partial charge in [-0.3, -0.25) is 0 Å². The number of hydrogen-bond acceptors (Lipinski definition) is 3. The first-order chi connectivity index (χ1) is 6.78. The Hall–Kier alpha value is -0.670. The fourth-order valence-corrected chi connectivity index (χ4v) is 2.11. The molecule has 3 N–H and O–H groups in total. The highest BCUT2D eigenvalue weighted by Crippen LogP contribution is 2.24. The fourth-order valence-electron chi connectivity index (χ4n) is 1.70. The van der Waals surface area contributed by atoms with Crippen LogP contribution in [0.1, 0.15) is 12.8 Å². The van der Waals surface area contributed by atoms with E-state index in [1.807, 2.05) is 0 Å². The molecule has 1 fully saturated rings. The van der Waals surface area contributed by atoms with Gasteiger partial charge in [0.1, 0.15) is 0 Å². The molecular formula is C11H16N2S. The lowest BCUT2D eigenvalue weighted by Crippen LogP contribution is -2.44. The quantitative estimate of drug-likeness (QED) is 0.749. The Balaban J connectivity index is 1.90. The third-order valence-electron chi connectivity index (χ3n) is 2.64. The molecule has 0 spiro atoms. The van der Waals surface area contributed by atoms with Crippen LogP contribution in [0.15, 0.2) is 29.2 Å². The number of nitrogens with two attached hydrogens (primary N) is 1. The summed E-state index contributed by atoms with van der Waals surface area (Å²) in [5.41, 5.74) is 6.93. The van der Waals surface area contributed by atoms with Crippen LogP contribution < -0.4 is 11.1 Å². The van der Waals surface area contributed by atoms with Crippen LogP contribution in [0.5, 0.6) is 0 Å². The van der Waals surface area contributed by atoms with Crippen LogP contribution >= 0.6 is 11.8 Å². The molecule has 0 heterocycles. The van der Waals surface area contributed by atoms with Crippen LogP contribution in [0.2, 0.25) is 0 Å². The van der Waals surface area contributed by atoms with Gasteiger partial charge in [0.2, 0.25) is 0 Å². The minimum atomic E-state index is 0.415. The molecule has 0 aliphatic heterocycles. The van der Waals surface area contributed by atoms with Crippen molar-refractivity contribution in [3.63, 3.8) is 0 Å². The normalized spacial score (nSPS) is 25.6. The molecule has 3 heteroatoms. The van der Waals surface area contributed by atoms with E-state index in [9.17, 15) is 0 Å². The zero-order valence-corrected chi connectivity index (χ0v) is 9.18. The Morgan fingerprint density at radius 3 is 2.43 bits per heavy atom. The molecule has 0 atom stereocenters. The van der Waals surface area contributed by atoms with E-state index in [0.717, 1.165) is 12.8 Å². The van der Waals surface area contributed by atoms with E-state index in [1.165, 1.54) is 10.6 Å². The predicted octanol–water partition coefficient (Wildman–Crippen LogP) is 2.31. The Bertz CT molecular complexity index is 291. The summed E-state index contributed by atoms with van der Waals surface area (Å²) < 4.78 is 0. The van der Waals surface area contributed by atoms with E-state index in [2.05, 4.69) is 35.8 Å². The van der Waals surface area contributed by atoms with Gasteiger partial charge in [0, 0.05) is 22.7 Å². The highest BCUT2D eigenvalue weighted by Gasteiger charge is 2.25. The van der Waals surface area contributed by atoms with Crippen LogP contribution in [-0.2, 0) is 0 Å². The van der Waals surface area contributed by atoms with Crippen LogP contribution in [0, 0.1) is 0 Å². The minimum absolute atomic E-state index is 0.415. The van der Waals surface area contributed by atoms with Gasteiger partial charge in [0.15, 0.2) is 0 Å². The summed E-state index contributed by atoms with van der Waals surface area (Å²) in [6, 6.07) is 9.56. The Kier molecular flexibility index (Phi) is 2.99. The van der Waals surface area contributed by atoms with Crippen molar-refractivity contribution in [2.75, 3.05) is 11.6 Å². The number of benzene rings is 1. The third kappa shape index (κ3) is 2.22. The molecule has 2 rings (SSSR count). The maximum Gasteiger partial charge on any atom is 0.0343 e. The summed E-state index contributed by atoms with van der Waals surface area (Å²) in [6.07, 6.45) is 4.29. The Labute approximate surface area is 89.3 Å². The second-order valence-electron chi connectivity index (χ2n) is 3.80. The second-order valence-corrected chi connectivity index (χ2v) is 4.68. The van der Waals surface area contributed by atoms with E-state index >= 15 is 0 Å². The topological polar surface area (TPSA) is 38.0 Å². The SMILES string of the molecule is CSc1ccc(NC2CC(N)C2)cc1. The molecule has 0 aromatic heterocycles. The van der Waals surface area contributed by atoms with Crippen molar-refractivity contribution in [3.05, 3.63) is 24.3 Å². The van der Waals surface area contributed by atoms with Gasteiger partial charge in [0.05, 0.1) is 0 Å². The summed E-state index contributed by atoms with van der Waals surface area (Å²) in [4.78, 5) is 1.31. The average Bonchev–Trinajstić information content (AvgIpc) is 2.17. The van der Waals surface area contributed by atoms with Gasteiger partial charge in [-0.05, 0) is 43.4 Å². The van der Waals surface area contributed by atoms with Crippen molar-refractivity contribution in [1.82, 2.24) is 0 Å². The van der Waals surface area contributed by atoms with Crippen molar-refractivity contribution >= 4 is 17.4 Å². The van der Waals surface area contributed by atoms with E-state index in [0.29, 0.717) is 12.1 Å². The van der Waals surface area contributed by atoms with E-state index in [4.69, 9.17) is 5.73 Å². The number of hydrogen-bond donors (Lipinski definition) is 2. The van der Waals surface area contributed by atoms with Gasteiger partial charge in [-0.15, -0.1) is 11.8 Å². The molecule has 0 saturated heterocycles. The Morgan fingerprint density at radius 2 is 1.93 bits per heavy atom. The van der Waals surface area contributed by atoms with Crippen LogP contribution in [0.25, 0.3) is 0 Å². The third-order valence-corrected chi connectivity index (χ3v) is 3.38. The van der Waals surface area contributed by atoms with Crippen molar-refractivity contribution in [2.24, 2.45) is 5.73 Å². The first-order valence-corrected chi connectivity index (χ1v) is 6.16. The van der Waals surface area contributed by atoms with Gasteiger partial charge in [-0.2, -0.15) is 0 Å². The zero-order valence-electron chi connectivity index (χ0n) is 8.36. The molecule has 0 unspecified atom stereocenters. The standard InChI is InChI=1S/C11H16N2S/c1-14-11-4-2-9(3-5-11)13-10-6-8(12)7-10/h2-5,8,10,13H,6-7,12H2,1H3. The van der Waals surface area contributed by atoms with Crippen LogP contribution in [0.3, 0.4) is 0 Å². The fraction of sp³-hybridized carbons (Fsp3) is 0.455. The highest BCUT2D eigenvalue weighted by molar-refractivity contribution is 7.98. The summed E-state index contributed by atoms with van der Waals surface area (Å²) in [6.45, 7) is 0. The van der Waals surface area contributed by atoms with E-state index in [-0.39, 0.29) is 0 Å². The zero-order chi connectivity index (χ0) is 9.97. The average molecular weight is 208 g/mol. The van der Waals surface area contributed by atoms with Gasteiger partial charge in [-0.25, -0.2) is 0 Å². The molecule has 1 aromatic rings. The lowest BCUT2D eigenvalue weighted by Gasteiger charge is -2.33. The predicted molar refractivity (Wildman–Crippen MR) is 62.8 cm³/mol. The van der Waals surface area contributed by atoms with Crippen molar-refractivity contribution in [2.45, 2.75) is 29.8 Å². The molecule has 1 saturated carbocycles. The maximum absolute atomic E-state index is 5.72. The van der Waals surface area contributed by atoms with E-state index < -0.39 is 0 Å². The lowest BCUT2D eigenvalue weighted by atomic mass is 9.87. The van der Waals surface area contributed by atoms with Crippen molar-refractivity contribution < 1.29 is 0 Å². The van der Waals surface area contributed by atoms with Crippen molar-refractivity contribution in [3.8, 4) is 0 Å². The van der Waals surface area contributed by atoms with Gasteiger partial charge in [-0.1, -0.05) is 0 Å². The molecule has 1 aromatic carbocycles. The number of thioether (sulfide) groups is 1. The highest BCUT2D eigenvalue weighted by atomic mass is 32.2. The van der Waals surface area contributed by atoms with Gasteiger partial charge in [0.25, 0.3) is 0 Å². The minimum Gasteiger partial charge on any atom is -0.382 e. The smallest absolute Gasteiger partial charge is 0.0343 e. The van der Waals surface area contributed by atoms with E-state index in [1.54, 1.807) is 11.8 Å². The monoisotopic (exact) mass is 208 g/mol. The summed E-state index contributed by atoms with van der Waals surface area (Å²) >= 11 is 1.77. The lowest BCUT2D eigenvalue weighted by molar-refractivity contribution is 0.373.